The highest BCUT2D eigenvalue weighted by Crippen LogP contribution is 2.29. The molecule has 0 aliphatic rings. The second-order valence-corrected chi connectivity index (χ2v) is 5.96. The minimum absolute atomic E-state index is 0.119. The van der Waals surface area contributed by atoms with Crippen molar-refractivity contribution in [2.45, 2.75) is 12.8 Å². The van der Waals surface area contributed by atoms with Gasteiger partial charge in [0.1, 0.15) is 0 Å². The number of carbonyl (C=O) groups excluding carboxylic acids is 1. The predicted molar refractivity (Wildman–Crippen MR) is 97.4 cm³/mol. The standard InChI is InChI=1S/C21H16F3NO2/c22-21(23,24)27-20-11-10-17(13-18(20)25)19(26)12-14-6-8-16(9-7-14)15-4-2-1-3-5-15/h1-11,13H,12,25H2. The summed E-state index contributed by atoms with van der Waals surface area (Å²) in [5.74, 6) is -0.765. The van der Waals surface area contributed by atoms with Gasteiger partial charge in [0.05, 0.1) is 5.69 Å². The average molecular weight is 371 g/mol. The van der Waals surface area contributed by atoms with Crippen LogP contribution in [-0.2, 0) is 6.42 Å². The second kappa shape index (κ2) is 7.53. The Morgan fingerprint density at radius 1 is 0.889 bits per heavy atom. The molecule has 0 bridgehead atoms. The summed E-state index contributed by atoms with van der Waals surface area (Å²) in [5.41, 5.74) is 8.46. The molecular weight excluding hydrogens is 355 g/mol. The third-order valence-corrected chi connectivity index (χ3v) is 3.98. The van der Waals surface area contributed by atoms with Gasteiger partial charge in [0.2, 0.25) is 0 Å². The fourth-order valence-electron chi connectivity index (χ4n) is 2.67. The van der Waals surface area contributed by atoms with Gasteiger partial charge in [-0.05, 0) is 34.9 Å². The van der Waals surface area contributed by atoms with Crippen LogP contribution in [-0.4, -0.2) is 12.1 Å². The van der Waals surface area contributed by atoms with Gasteiger partial charge in [-0.3, -0.25) is 4.79 Å². The van der Waals surface area contributed by atoms with E-state index in [4.69, 9.17) is 5.73 Å². The maximum atomic E-state index is 12.4. The fraction of sp³-hybridized carbons (Fsp3) is 0.0952. The fourth-order valence-corrected chi connectivity index (χ4v) is 2.67. The molecule has 3 rings (SSSR count). The van der Waals surface area contributed by atoms with Crippen LogP contribution in [0.3, 0.4) is 0 Å². The number of carbonyl (C=O) groups is 1. The minimum atomic E-state index is -4.83. The molecule has 3 nitrogen and oxygen atoms in total. The van der Waals surface area contributed by atoms with E-state index in [-0.39, 0.29) is 23.5 Å². The number of nitrogen functional groups attached to an aromatic ring is 1. The lowest BCUT2D eigenvalue weighted by molar-refractivity contribution is -0.274. The van der Waals surface area contributed by atoms with Crippen LogP contribution >= 0.6 is 0 Å². The van der Waals surface area contributed by atoms with Crippen molar-refractivity contribution in [1.29, 1.82) is 0 Å². The molecule has 27 heavy (non-hydrogen) atoms. The first-order valence-electron chi connectivity index (χ1n) is 8.15. The lowest BCUT2D eigenvalue weighted by Gasteiger charge is -2.12. The van der Waals surface area contributed by atoms with E-state index in [0.717, 1.165) is 22.8 Å². The Labute approximate surface area is 154 Å². The summed E-state index contributed by atoms with van der Waals surface area (Å²) < 4.78 is 40.6. The van der Waals surface area contributed by atoms with Crippen LogP contribution in [0.15, 0.2) is 72.8 Å². The summed E-state index contributed by atoms with van der Waals surface area (Å²) in [4.78, 5) is 12.4. The molecule has 0 atom stereocenters. The van der Waals surface area contributed by atoms with Crippen molar-refractivity contribution in [2.75, 3.05) is 5.73 Å². The Balaban J connectivity index is 1.71. The molecule has 6 heteroatoms. The maximum Gasteiger partial charge on any atom is 0.573 e. The number of anilines is 1. The van der Waals surface area contributed by atoms with Crippen molar-refractivity contribution < 1.29 is 22.7 Å². The van der Waals surface area contributed by atoms with E-state index in [9.17, 15) is 18.0 Å². The zero-order valence-corrected chi connectivity index (χ0v) is 14.2. The number of rotatable bonds is 5. The smallest absolute Gasteiger partial charge is 0.404 e. The van der Waals surface area contributed by atoms with Gasteiger partial charge in [0.25, 0.3) is 0 Å². The zero-order valence-electron chi connectivity index (χ0n) is 14.2. The summed E-state index contributed by atoms with van der Waals surface area (Å²) in [6.45, 7) is 0. The largest absolute Gasteiger partial charge is 0.573 e. The van der Waals surface area contributed by atoms with Crippen LogP contribution in [0, 0.1) is 0 Å². The van der Waals surface area contributed by atoms with Gasteiger partial charge in [-0.2, -0.15) is 0 Å². The molecule has 3 aromatic carbocycles. The molecule has 0 amide bonds. The van der Waals surface area contributed by atoms with Gasteiger partial charge in [0, 0.05) is 12.0 Å². The van der Waals surface area contributed by atoms with E-state index in [1.54, 1.807) is 0 Å². The molecule has 0 fully saturated rings. The Bertz CT molecular complexity index is 936. The van der Waals surface area contributed by atoms with Crippen molar-refractivity contribution >= 4 is 11.5 Å². The van der Waals surface area contributed by atoms with Gasteiger partial charge in [-0.15, -0.1) is 13.2 Å². The molecule has 0 aliphatic heterocycles. The van der Waals surface area contributed by atoms with Crippen molar-refractivity contribution in [2.24, 2.45) is 0 Å². The summed E-state index contributed by atoms with van der Waals surface area (Å²) in [7, 11) is 0. The molecule has 2 N–H and O–H groups in total. The first kappa shape index (κ1) is 18.5. The van der Waals surface area contributed by atoms with Crippen LogP contribution in [0.2, 0.25) is 0 Å². The zero-order chi connectivity index (χ0) is 19.4. The van der Waals surface area contributed by atoms with E-state index in [0.29, 0.717) is 0 Å². The van der Waals surface area contributed by atoms with E-state index in [1.807, 2.05) is 54.6 Å². The number of hydrogen-bond acceptors (Lipinski definition) is 3. The number of Topliss-reactive ketones (excluding diaryl/α,β-unsaturated/α-hetero) is 1. The number of alkyl halides is 3. The van der Waals surface area contributed by atoms with Crippen LogP contribution < -0.4 is 10.5 Å². The second-order valence-electron chi connectivity index (χ2n) is 5.96. The van der Waals surface area contributed by atoms with E-state index in [1.165, 1.54) is 12.1 Å². The highest BCUT2D eigenvalue weighted by Gasteiger charge is 2.32. The van der Waals surface area contributed by atoms with Crippen LogP contribution in [0.5, 0.6) is 5.75 Å². The highest BCUT2D eigenvalue weighted by atomic mass is 19.4. The lowest BCUT2D eigenvalue weighted by atomic mass is 9.99. The quantitative estimate of drug-likeness (QED) is 0.492. The third kappa shape index (κ3) is 4.88. The number of ether oxygens (including phenoxy) is 1. The van der Waals surface area contributed by atoms with Crippen LogP contribution in [0.4, 0.5) is 18.9 Å². The molecule has 0 saturated carbocycles. The molecular formula is C21H16F3NO2. The summed E-state index contributed by atoms with van der Waals surface area (Å²) in [6.07, 6.45) is -4.71. The molecule has 3 aromatic rings. The summed E-state index contributed by atoms with van der Waals surface area (Å²) in [6, 6.07) is 20.9. The number of hydrogen-bond donors (Lipinski definition) is 1. The molecule has 0 spiro atoms. The van der Waals surface area contributed by atoms with Crippen LogP contribution in [0.25, 0.3) is 11.1 Å². The monoisotopic (exact) mass is 371 g/mol. The summed E-state index contributed by atoms with van der Waals surface area (Å²) >= 11 is 0. The SMILES string of the molecule is Nc1cc(C(=O)Cc2ccc(-c3ccccc3)cc2)ccc1OC(F)(F)F. The number of ketones is 1. The number of halogens is 3. The summed E-state index contributed by atoms with van der Waals surface area (Å²) in [5, 5.41) is 0. The van der Waals surface area contributed by atoms with Gasteiger partial charge in [0.15, 0.2) is 11.5 Å². The first-order valence-corrected chi connectivity index (χ1v) is 8.15. The van der Waals surface area contributed by atoms with Gasteiger partial charge < -0.3 is 10.5 Å². The molecule has 0 heterocycles. The maximum absolute atomic E-state index is 12.4. The lowest BCUT2D eigenvalue weighted by Crippen LogP contribution is -2.18. The van der Waals surface area contributed by atoms with Crippen LogP contribution in [0.1, 0.15) is 15.9 Å². The molecule has 0 aliphatic carbocycles. The topological polar surface area (TPSA) is 52.3 Å². The molecule has 138 valence electrons. The van der Waals surface area contributed by atoms with Crippen molar-refractivity contribution in [3.8, 4) is 16.9 Å². The number of benzene rings is 3. The van der Waals surface area contributed by atoms with Crippen molar-refractivity contribution in [3.05, 3.63) is 83.9 Å². The number of nitrogens with two attached hydrogens (primary N) is 1. The van der Waals surface area contributed by atoms with Crippen molar-refractivity contribution in [3.63, 3.8) is 0 Å². The van der Waals surface area contributed by atoms with E-state index >= 15 is 0 Å². The van der Waals surface area contributed by atoms with E-state index < -0.39 is 12.1 Å². The third-order valence-electron chi connectivity index (χ3n) is 3.98. The van der Waals surface area contributed by atoms with Gasteiger partial charge in [-0.1, -0.05) is 54.6 Å². The van der Waals surface area contributed by atoms with Gasteiger partial charge >= 0.3 is 6.36 Å². The average Bonchev–Trinajstić information content (AvgIpc) is 2.63. The first-order chi connectivity index (χ1) is 12.8. The Morgan fingerprint density at radius 3 is 2.11 bits per heavy atom. The van der Waals surface area contributed by atoms with Gasteiger partial charge in [-0.25, -0.2) is 0 Å². The molecule has 0 unspecified atom stereocenters. The molecule has 0 radical (unpaired) electrons. The minimum Gasteiger partial charge on any atom is -0.404 e. The normalized spacial score (nSPS) is 11.2. The Hall–Kier alpha value is -3.28. The molecule has 0 aromatic heterocycles. The Kier molecular flexibility index (Phi) is 5.16. The molecule has 0 saturated heterocycles. The Morgan fingerprint density at radius 2 is 1.52 bits per heavy atom. The van der Waals surface area contributed by atoms with Crippen molar-refractivity contribution in [1.82, 2.24) is 0 Å². The van der Waals surface area contributed by atoms with E-state index in [2.05, 4.69) is 4.74 Å². The highest BCUT2D eigenvalue weighted by molar-refractivity contribution is 5.98. The predicted octanol–water partition coefficient (Wildman–Crippen LogP) is 5.26.